The van der Waals surface area contributed by atoms with Crippen LogP contribution in [0.2, 0.25) is 0 Å². The van der Waals surface area contributed by atoms with Crippen LogP contribution >= 0.6 is 0 Å². The second-order valence-corrected chi connectivity index (χ2v) is 26.9. The molecule has 0 aromatic rings. The van der Waals surface area contributed by atoms with Gasteiger partial charge in [0.05, 0.1) is 40.3 Å². The van der Waals surface area contributed by atoms with E-state index in [0.717, 1.165) is 96.3 Å². The van der Waals surface area contributed by atoms with Crippen LogP contribution in [0.15, 0.2) is 72.9 Å². The van der Waals surface area contributed by atoms with Crippen LogP contribution in [0.25, 0.3) is 0 Å². The lowest BCUT2D eigenvalue weighted by Gasteiger charge is -2.26. The van der Waals surface area contributed by atoms with E-state index in [2.05, 4.69) is 86.8 Å². The number of quaternary nitrogens is 1. The van der Waals surface area contributed by atoms with Crippen molar-refractivity contribution >= 4 is 17.9 Å². The lowest BCUT2D eigenvalue weighted by Crippen LogP contribution is -2.44. The normalized spacial score (nSPS) is 13.0. The largest absolute Gasteiger partial charge is 0.545 e. The maximum atomic E-state index is 12.9. The number of aliphatic carboxylic acids is 1. The predicted octanol–water partition coefficient (Wildman–Crippen LogP) is 22.7. The molecule has 518 valence electrons. The van der Waals surface area contributed by atoms with E-state index in [1.54, 1.807) is 0 Å². The molecule has 0 N–H and O–H groups in total. The Kier molecular flexibility index (Phi) is 68.0. The summed E-state index contributed by atoms with van der Waals surface area (Å²) in [4.78, 5) is 37.5. The third kappa shape index (κ3) is 72.0. The molecular formula is C80H145NO8. The first-order valence-corrected chi connectivity index (χ1v) is 38.1. The Bertz CT molecular complexity index is 1690. The smallest absolute Gasteiger partial charge is 0.306 e. The zero-order valence-corrected chi connectivity index (χ0v) is 59.3. The summed E-state index contributed by atoms with van der Waals surface area (Å²) in [5, 5.41) is 11.8. The van der Waals surface area contributed by atoms with E-state index in [0.29, 0.717) is 23.9 Å². The van der Waals surface area contributed by atoms with Gasteiger partial charge in [0.25, 0.3) is 0 Å². The lowest BCUT2D eigenvalue weighted by molar-refractivity contribution is -0.870. The van der Waals surface area contributed by atoms with Gasteiger partial charge in [-0.1, -0.05) is 356 Å². The molecule has 0 radical (unpaired) electrons. The van der Waals surface area contributed by atoms with Crippen LogP contribution in [-0.2, 0) is 33.3 Å². The standard InChI is InChI=1S/C80H145NO8/c1-6-8-10-12-14-16-18-20-22-24-26-28-30-32-33-34-35-36-37-38-39-40-41-42-43-44-45-47-48-50-52-54-56-58-60-62-64-66-68-70-77(82)87-74-76(75-88-80(79(84)85)86-73-72-81(3,4)5)89-78(83)71-69-67-65-63-61-59-57-55-53-51-49-46-31-29-27-25-23-21-19-17-15-13-11-9-7-2/h9,11,15,17,21,23,27,29,46,49,53,55,76,80H,6-8,10,12-14,16,18-20,22,24-26,28,30-45,47-48,50-52,54,56-75H2,1-5H3/b11-9-,17-15-,23-21-,29-27-,49-46-,55-53-. The first-order valence-electron chi connectivity index (χ1n) is 38.1. The monoisotopic (exact) mass is 1250 g/mol. The first kappa shape index (κ1) is 85.7. The van der Waals surface area contributed by atoms with Crippen LogP contribution < -0.4 is 5.11 Å². The molecule has 0 aliphatic carbocycles. The molecule has 2 atom stereocenters. The van der Waals surface area contributed by atoms with Crippen LogP contribution in [0.5, 0.6) is 0 Å². The Labute approximate surface area is 551 Å². The fourth-order valence-electron chi connectivity index (χ4n) is 11.2. The van der Waals surface area contributed by atoms with E-state index in [9.17, 15) is 19.5 Å². The van der Waals surface area contributed by atoms with Gasteiger partial charge in [0.2, 0.25) is 0 Å². The molecular weight excluding hydrogens is 1100 g/mol. The summed E-state index contributed by atoms with van der Waals surface area (Å²) in [6.45, 7) is 4.66. The lowest BCUT2D eigenvalue weighted by atomic mass is 10.0. The number of carboxylic acids is 1. The number of ether oxygens (including phenoxy) is 4. The minimum absolute atomic E-state index is 0.143. The zero-order chi connectivity index (χ0) is 64.7. The fourth-order valence-corrected chi connectivity index (χ4v) is 11.2. The summed E-state index contributed by atoms with van der Waals surface area (Å²) < 4.78 is 22.8. The third-order valence-electron chi connectivity index (χ3n) is 17.0. The molecule has 0 aromatic carbocycles. The second kappa shape index (κ2) is 70.6. The third-order valence-corrected chi connectivity index (χ3v) is 17.0. The van der Waals surface area contributed by atoms with Crippen molar-refractivity contribution in [3.63, 3.8) is 0 Å². The highest BCUT2D eigenvalue weighted by atomic mass is 16.7. The molecule has 89 heavy (non-hydrogen) atoms. The molecule has 0 saturated heterocycles. The number of likely N-dealkylation sites (N-methyl/N-ethyl adjacent to an activating group) is 1. The van der Waals surface area contributed by atoms with Gasteiger partial charge in [0.15, 0.2) is 12.4 Å². The van der Waals surface area contributed by atoms with E-state index in [4.69, 9.17) is 18.9 Å². The Morgan fingerprint density at radius 3 is 0.955 bits per heavy atom. The molecule has 0 bridgehead atoms. The van der Waals surface area contributed by atoms with Crippen molar-refractivity contribution in [2.45, 2.75) is 373 Å². The van der Waals surface area contributed by atoms with Crippen molar-refractivity contribution in [1.29, 1.82) is 0 Å². The molecule has 0 saturated carbocycles. The van der Waals surface area contributed by atoms with Gasteiger partial charge >= 0.3 is 11.9 Å². The highest BCUT2D eigenvalue weighted by Crippen LogP contribution is 2.19. The maximum Gasteiger partial charge on any atom is 0.306 e. The molecule has 9 heteroatoms. The van der Waals surface area contributed by atoms with Gasteiger partial charge in [-0.3, -0.25) is 9.59 Å². The van der Waals surface area contributed by atoms with Gasteiger partial charge in [-0.05, 0) is 64.2 Å². The average Bonchev–Trinajstić information content (AvgIpc) is 3.64. The topological polar surface area (TPSA) is 111 Å². The minimum Gasteiger partial charge on any atom is -0.545 e. The van der Waals surface area contributed by atoms with Crippen LogP contribution in [-0.4, -0.2) is 82.3 Å². The number of hydrogen-bond acceptors (Lipinski definition) is 8. The van der Waals surface area contributed by atoms with Crippen LogP contribution in [0.1, 0.15) is 361 Å². The molecule has 0 amide bonds. The summed E-state index contributed by atoms with van der Waals surface area (Å²) in [5.41, 5.74) is 0. The summed E-state index contributed by atoms with van der Waals surface area (Å²) >= 11 is 0. The van der Waals surface area contributed by atoms with E-state index in [1.807, 2.05) is 21.1 Å². The number of carbonyl (C=O) groups excluding carboxylic acids is 3. The van der Waals surface area contributed by atoms with Crippen molar-refractivity contribution in [3.05, 3.63) is 72.9 Å². The van der Waals surface area contributed by atoms with Gasteiger partial charge in [0, 0.05) is 12.8 Å². The molecule has 9 nitrogen and oxygen atoms in total. The Hall–Kier alpha value is -3.27. The minimum atomic E-state index is -1.63. The number of carboxylic acid groups (broad SMARTS) is 1. The predicted molar refractivity (Wildman–Crippen MR) is 380 cm³/mol. The number of unbranched alkanes of at least 4 members (excludes halogenated alkanes) is 44. The number of rotatable bonds is 71. The molecule has 0 rings (SSSR count). The Morgan fingerprint density at radius 1 is 0.348 bits per heavy atom. The fraction of sp³-hybridized carbons (Fsp3) is 0.812. The number of allylic oxidation sites excluding steroid dienone is 12. The van der Waals surface area contributed by atoms with Gasteiger partial charge in [-0.25, -0.2) is 0 Å². The number of esters is 2. The van der Waals surface area contributed by atoms with Gasteiger partial charge in [-0.2, -0.15) is 0 Å². The van der Waals surface area contributed by atoms with E-state index in [-0.39, 0.29) is 32.2 Å². The summed E-state index contributed by atoms with van der Waals surface area (Å²) in [7, 11) is 5.93. The Balaban J connectivity index is 3.99. The average molecular weight is 1250 g/mol. The molecule has 0 spiro atoms. The molecule has 0 fully saturated rings. The number of nitrogens with zero attached hydrogens (tertiary/aromatic N) is 1. The van der Waals surface area contributed by atoms with Gasteiger partial charge < -0.3 is 33.3 Å². The number of hydrogen-bond donors (Lipinski definition) is 0. The molecule has 0 aliphatic heterocycles. The van der Waals surface area contributed by atoms with Crippen LogP contribution in [0.3, 0.4) is 0 Å². The van der Waals surface area contributed by atoms with Crippen molar-refractivity contribution in [3.8, 4) is 0 Å². The highest BCUT2D eigenvalue weighted by molar-refractivity contribution is 5.70. The van der Waals surface area contributed by atoms with Crippen molar-refractivity contribution < 1.29 is 42.9 Å². The summed E-state index contributed by atoms with van der Waals surface area (Å²) in [6.07, 6.45) is 91.7. The van der Waals surface area contributed by atoms with Crippen molar-refractivity contribution in [2.75, 3.05) is 47.5 Å². The van der Waals surface area contributed by atoms with E-state index in [1.165, 1.54) is 231 Å². The van der Waals surface area contributed by atoms with E-state index < -0.39 is 24.3 Å². The molecule has 2 unspecified atom stereocenters. The maximum absolute atomic E-state index is 12.9. The summed E-state index contributed by atoms with van der Waals surface area (Å²) in [5.74, 6) is -2.29. The van der Waals surface area contributed by atoms with E-state index >= 15 is 0 Å². The zero-order valence-electron chi connectivity index (χ0n) is 59.3. The SMILES string of the molecule is CC/C=C\C/C=C\C/C=C\C/C=C\C/C=C\C/C=C\CCCCCCCCC(=O)OC(COC(=O)CCCCCCCCCCCCCCCCCCCCCCCCCCCCCCCCCCCCCCCCC)COC(OCC[N+](C)(C)C)C(=O)[O-]. The van der Waals surface area contributed by atoms with Crippen molar-refractivity contribution in [2.24, 2.45) is 0 Å². The van der Waals surface area contributed by atoms with Crippen LogP contribution in [0.4, 0.5) is 0 Å². The molecule has 0 aliphatic rings. The number of carbonyl (C=O) groups is 3. The van der Waals surface area contributed by atoms with Gasteiger partial charge in [0.1, 0.15) is 13.2 Å². The second-order valence-electron chi connectivity index (χ2n) is 26.9. The Morgan fingerprint density at radius 2 is 0.640 bits per heavy atom. The quantitative estimate of drug-likeness (QED) is 0.0195. The van der Waals surface area contributed by atoms with Crippen molar-refractivity contribution in [1.82, 2.24) is 0 Å². The first-order chi connectivity index (χ1) is 43.6. The molecule has 0 heterocycles. The summed E-state index contributed by atoms with van der Waals surface area (Å²) in [6, 6.07) is 0. The molecule has 0 aromatic heterocycles. The van der Waals surface area contributed by atoms with Crippen LogP contribution in [0, 0.1) is 0 Å². The van der Waals surface area contributed by atoms with Gasteiger partial charge in [-0.15, -0.1) is 0 Å². The highest BCUT2D eigenvalue weighted by Gasteiger charge is 2.22.